The summed E-state index contributed by atoms with van der Waals surface area (Å²) in [5.41, 5.74) is 4.31. The van der Waals surface area contributed by atoms with Gasteiger partial charge >= 0.3 is 0 Å². The van der Waals surface area contributed by atoms with Crippen molar-refractivity contribution in [3.63, 3.8) is 0 Å². The molecule has 0 aromatic heterocycles. The number of rotatable bonds is 3. The highest BCUT2D eigenvalue weighted by Crippen LogP contribution is 2.21. The molecule has 1 saturated heterocycles. The second-order valence-corrected chi connectivity index (χ2v) is 5.76. The molecule has 0 radical (unpaired) electrons. The smallest absolute Gasteiger partial charge is 0.0180 e. The van der Waals surface area contributed by atoms with Crippen LogP contribution in [0.5, 0.6) is 0 Å². The minimum Gasteiger partial charge on any atom is -0.314 e. The maximum atomic E-state index is 3.59. The Balaban J connectivity index is 1.98. The van der Waals surface area contributed by atoms with Gasteiger partial charge in [-0.3, -0.25) is 0 Å². The van der Waals surface area contributed by atoms with Crippen LogP contribution in [0.25, 0.3) is 0 Å². The molecule has 0 spiro atoms. The molecular weight excluding hydrogens is 276 g/mol. The minimum absolute atomic E-state index is 1.14. The maximum absolute atomic E-state index is 3.59. The lowest BCUT2D eigenvalue weighted by Crippen LogP contribution is -2.44. The Hall–Kier alpha value is -0.380. The SMILES string of the molecule is Cc1cc(Br)cc(CCN2CCNCC2)c1C. The number of piperazine rings is 1. The summed E-state index contributed by atoms with van der Waals surface area (Å²) in [6.07, 6.45) is 1.16. The van der Waals surface area contributed by atoms with Crippen LogP contribution in [0.2, 0.25) is 0 Å². The third-order valence-electron chi connectivity index (χ3n) is 3.65. The van der Waals surface area contributed by atoms with E-state index in [9.17, 15) is 0 Å². The van der Waals surface area contributed by atoms with Crippen molar-refractivity contribution in [3.05, 3.63) is 33.3 Å². The van der Waals surface area contributed by atoms with Gasteiger partial charge in [-0.2, -0.15) is 0 Å². The molecule has 1 aliphatic rings. The third kappa shape index (κ3) is 3.54. The monoisotopic (exact) mass is 296 g/mol. The lowest BCUT2D eigenvalue weighted by atomic mass is 10.0. The van der Waals surface area contributed by atoms with Gasteiger partial charge < -0.3 is 10.2 Å². The highest BCUT2D eigenvalue weighted by Gasteiger charge is 2.10. The second kappa shape index (κ2) is 5.98. The number of benzene rings is 1. The van der Waals surface area contributed by atoms with E-state index in [0.717, 1.165) is 19.5 Å². The Morgan fingerprint density at radius 2 is 1.94 bits per heavy atom. The van der Waals surface area contributed by atoms with E-state index in [-0.39, 0.29) is 0 Å². The van der Waals surface area contributed by atoms with Crippen LogP contribution in [-0.4, -0.2) is 37.6 Å². The Bertz CT molecular complexity index is 384. The van der Waals surface area contributed by atoms with E-state index in [4.69, 9.17) is 0 Å². The van der Waals surface area contributed by atoms with Crippen molar-refractivity contribution in [2.75, 3.05) is 32.7 Å². The standard InChI is InChI=1S/C14H21BrN2/c1-11-9-14(15)10-13(12(11)2)3-6-17-7-4-16-5-8-17/h9-10,16H,3-8H2,1-2H3. The van der Waals surface area contributed by atoms with Crippen LogP contribution < -0.4 is 5.32 Å². The van der Waals surface area contributed by atoms with Crippen molar-refractivity contribution >= 4 is 15.9 Å². The fraction of sp³-hybridized carbons (Fsp3) is 0.571. The van der Waals surface area contributed by atoms with Gasteiger partial charge in [-0.25, -0.2) is 0 Å². The molecule has 1 aliphatic heterocycles. The molecule has 0 atom stereocenters. The zero-order valence-corrected chi connectivity index (χ0v) is 12.3. The Labute approximate surface area is 113 Å². The Kier molecular flexibility index (Phi) is 4.60. The zero-order chi connectivity index (χ0) is 12.3. The predicted molar refractivity (Wildman–Crippen MR) is 76.6 cm³/mol. The first kappa shape index (κ1) is 13.1. The third-order valence-corrected chi connectivity index (χ3v) is 4.10. The summed E-state index contributed by atoms with van der Waals surface area (Å²) in [6.45, 7) is 10.2. The molecule has 17 heavy (non-hydrogen) atoms. The summed E-state index contributed by atoms with van der Waals surface area (Å²) >= 11 is 3.59. The normalized spacial score (nSPS) is 17.4. The first-order valence-electron chi connectivity index (χ1n) is 6.35. The summed E-state index contributed by atoms with van der Waals surface area (Å²) in [7, 11) is 0. The van der Waals surface area contributed by atoms with Gasteiger partial charge in [-0.05, 0) is 49.1 Å². The molecular formula is C14H21BrN2. The Morgan fingerprint density at radius 3 is 2.65 bits per heavy atom. The molecule has 1 N–H and O–H groups in total. The summed E-state index contributed by atoms with van der Waals surface area (Å²) in [5.74, 6) is 0. The maximum Gasteiger partial charge on any atom is 0.0180 e. The van der Waals surface area contributed by atoms with Gasteiger partial charge in [0, 0.05) is 37.2 Å². The molecule has 94 valence electrons. The van der Waals surface area contributed by atoms with E-state index in [1.165, 1.54) is 40.8 Å². The van der Waals surface area contributed by atoms with Crippen LogP contribution in [0, 0.1) is 13.8 Å². The number of hydrogen-bond donors (Lipinski definition) is 1. The van der Waals surface area contributed by atoms with E-state index < -0.39 is 0 Å². The quantitative estimate of drug-likeness (QED) is 0.922. The van der Waals surface area contributed by atoms with Crippen LogP contribution in [0.4, 0.5) is 0 Å². The fourth-order valence-corrected chi connectivity index (χ4v) is 2.98. The van der Waals surface area contributed by atoms with Crippen LogP contribution in [-0.2, 0) is 6.42 Å². The summed E-state index contributed by atoms with van der Waals surface area (Å²) < 4.78 is 1.20. The minimum atomic E-state index is 1.14. The molecule has 1 aromatic carbocycles. The molecule has 0 bridgehead atoms. The van der Waals surface area contributed by atoms with Gasteiger partial charge in [0.25, 0.3) is 0 Å². The van der Waals surface area contributed by atoms with Gasteiger partial charge in [0.15, 0.2) is 0 Å². The van der Waals surface area contributed by atoms with Crippen molar-refractivity contribution in [1.82, 2.24) is 10.2 Å². The molecule has 0 aliphatic carbocycles. The molecule has 2 nitrogen and oxygen atoms in total. The number of halogens is 1. The van der Waals surface area contributed by atoms with Crippen molar-refractivity contribution in [3.8, 4) is 0 Å². The topological polar surface area (TPSA) is 15.3 Å². The molecule has 2 rings (SSSR count). The van der Waals surface area contributed by atoms with E-state index in [0.29, 0.717) is 0 Å². The molecule has 1 fully saturated rings. The number of nitrogens with zero attached hydrogens (tertiary/aromatic N) is 1. The number of aryl methyl sites for hydroxylation is 1. The number of hydrogen-bond acceptors (Lipinski definition) is 2. The van der Waals surface area contributed by atoms with E-state index in [1.807, 2.05) is 0 Å². The molecule has 3 heteroatoms. The van der Waals surface area contributed by atoms with Crippen LogP contribution in [0.3, 0.4) is 0 Å². The van der Waals surface area contributed by atoms with Gasteiger partial charge in [0.2, 0.25) is 0 Å². The zero-order valence-electron chi connectivity index (χ0n) is 10.7. The number of nitrogens with one attached hydrogen (secondary N) is 1. The summed E-state index contributed by atoms with van der Waals surface area (Å²) in [5, 5.41) is 3.39. The van der Waals surface area contributed by atoms with E-state index >= 15 is 0 Å². The van der Waals surface area contributed by atoms with Crippen molar-refractivity contribution in [2.24, 2.45) is 0 Å². The second-order valence-electron chi connectivity index (χ2n) is 4.85. The largest absolute Gasteiger partial charge is 0.314 e. The average molecular weight is 297 g/mol. The predicted octanol–water partition coefficient (Wildman–Crippen LogP) is 2.51. The first-order valence-corrected chi connectivity index (χ1v) is 7.15. The van der Waals surface area contributed by atoms with Gasteiger partial charge in [-0.15, -0.1) is 0 Å². The van der Waals surface area contributed by atoms with Crippen LogP contribution >= 0.6 is 15.9 Å². The highest BCUT2D eigenvalue weighted by atomic mass is 79.9. The summed E-state index contributed by atoms with van der Waals surface area (Å²) in [6, 6.07) is 4.47. The van der Waals surface area contributed by atoms with Crippen LogP contribution in [0.1, 0.15) is 16.7 Å². The lowest BCUT2D eigenvalue weighted by Gasteiger charge is -2.27. The van der Waals surface area contributed by atoms with Gasteiger partial charge in [0.05, 0.1) is 0 Å². The molecule has 0 saturated carbocycles. The molecule has 0 amide bonds. The molecule has 1 aromatic rings. The fourth-order valence-electron chi connectivity index (χ4n) is 2.36. The van der Waals surface area contributed by atoms with E-state index in [1.54, 1.807) is 0 Å². The average Bonchev–Trinajstić information content (AvgIpc) is 2.33. The van der Waals surface area contributed by atoms with Crippen molar-refractivity contribution in [2.45, 2.75) is 20.3 Å². The lowest BCUT2D eigenvalue weighted by molar-refractivity contribution is 0.244. The van der Waals surface area contributed by atoms with Gasteiger partial charge in [0.1, 0.15) is 0 Å². The Morgan fingerprint density at radius 1 is 1.24 bits per heavy atom. The van der Waals surface area contributed by atoms with Gasteiger partial charge in [-0.1, -0.05) is 15.9 Å². The van der Waals surface area contributed by atoms with E-state index in [2.05, 4.69) is 52.1 Å². The summed E-state index contributed by atoms with van der Waals surface area (Å²) in [4.78, 5) is 2.55. The van der Waals surface area contributed by atoms with Crippen LogP contribution in [0.15, 0.2) is 16.6 Å². The first-order chi connectivity index (χ1) is 8.16. The highest BCUT2D eigenvalue weighted by molar-refractivity contribution is 9.10. The molecule has 0 unspecified atom stereocenters. The van der Waals surface area contributed by atoms with Crippen molar-refractivity contribution in [1.29, 1.82) is 0 Å². The van der Waals surface area contributed by atoms with Crippen molar-refractivity contribution < 1.29 is 0 Å². The molecule has 1 heterocycles.